The number of nitrogens with one attached hydrogen (secondary N) is 1. The van der Waals surface area contributed by atoms with Crippen molar-refractivity contribution in [1.82, 2.24) is 20.0 Å². The average molecular weight is 317 g/mol. The number of thioether (sulfide) groups is 1. The van der Waals surface area contributed by atoms with Crippen LogP contribution in [0, 0.1) is 6.92 Å². The fraction of sp³-hybridized carbons (Fsp3) is 0.786. The van der Waals surface area contributed by atoms with Crippen LogP contribution < -0.4 is 5.32 Å². The number of hydrogen-bond donors (Lipinski definition) is 1. The van der Waals surface area contributed by atoms with Crippen LogP contribution in [0.25, 0.3) is 0 Å². The van der Waals surface area contributed by atoms with Gasteiger partial charge < -0.3 is 10.2 Å². The summed E-state index contributed by atoms with van der Waals surface area (Å²) in [6.45, 7) is 6.13. The SMILES string of the molecule is CCn1nc(C)c(Cl)c1CC(NC)C1CSCCN1C. The van der Waals surface area contributed by atoms with Gasteiger partial charge in [0.2, 0.25) is 0 Å². The van der Waals surface area contributed by atoms with Crippen molar-refractivity contribution in [3.05, 3.63) is 16.4 Å². The Morgan fingerprint density at radius 1 is 1.55 bits per heavy atom. The van der Waals surface area contributed by atoms with Crippen LogP contribution in [0.5, 0.6) is 0 Å². The molecule has 0 saturated carbocycles. The fourth-order valence-corrected chi connectivity index (χ4v) is 4.36. The molecule has 1 aliphatic heterocycles. The van der Waals surface area contributed by atoms with E-state index in [2.05, 4.69) is 29.3 Å². The predicted octanol–water partition coefficient (Wildman–Crippen LogP) is 2.04. The third kappa shape index (κ3) is 3.32. The Labute approximate surface area is 131 Å². The van der Waals surface area contributed by atoms with Crippen molar-refractivity contribution in [1.29, 1.82) is 0 Å². The van der Waals surface area contributed by atoms with Crippen LogP contribution in [-0.4, -0.2) is 58.9 Å². The minimum Gasteiger partial charge on any atom is -0.315 e. The second-order valence-electron chi connectivity index (χ2n) is 5.38. The lowest BCUT2D eigenvalue weighted by atomic mass is 10.0. The van der Waals surface area contributed by atoms with E-state index < -0.39 is 0 Å². The van der Waals surface area contributed by atoms with Crippen LogP contribution in [0.2, 0.25) is 5.02 Å². The monoisotopic (exact) mass is 316 g/mol. The Morgan fingerprint density at radius 2 is 2.30 bits per heavy atom. The minimum atomic E-state index is 0.409. The van der Waals surface area contributed by atoms with Gasteiger partial charge in [0.15, 0.2) is 0 Å². The molecule has 1 aromatic heterocycles. The molecule has 0 radical (unpaired) electrons. The molecule has 1 fully saturated rings. The highest BCUT2D eigenvalue weighted by molar-refractivity contribution is 7.99. The van der Waals surface area contributed by atoms with Crippen molar-refractivity contribution in [3.8, 4) is 0 Å². The Bertz CT molecular complexity index is 449. The van der Waals surface area contributed by atoms with Crippen LogP contribution in [0.4, 0.5) is 0 Å². The summed E-state index contributed by atoms with van der Waals surface area (Å²) in [6.07, 6.45) is 0.930. The summed E-state index contributed by atoms with van der Waals surface area (Å²) in [4.78, 5) is 2.46. The van der Waals surface area contributed by atoms with E-state index in [1.54, 1.807) is 0 Å². The van der Waals surface area contributed by atoms with Gasteiger partial charge in [-0.15, -0.1) is 0 Å². The van der Waals surface area contributed by atoms with E-state index in [1.807, 2.05) is 30.4 Å². The lowest BCUT2D eigenvalue weighted by Crippen LogP contribution is -2.53. The van der Waals surface area contributed by atoms with Gasteiger partial charge in [0.05, 0.1) is 16.4 Å². The third-order valence-electron chi connectivity index (χ3n) is 4.14. The largest absolute Gasteiger partial charge is 0.315 e. The van der Waals surface area contributed by atoms with Crippen LogP contribution in [0.1, 0.15) is 18.3 Å². The maximum atomic E-state index is 6.44. The van der Waals surface area contributed by atoms with Gasteiger partial charge in [-0.25, -0.2) is 0 Å². The van der Waals surface area contributed by atoms with E-state index in [1.165, 1.54) is 11.5 Å². The average Bonchev–Trinajstić information content (AvgIpc) is 2.73. The van der Waals surface area contributed by atoms with Gasteiger partial charge in [0.1, 0.15) is 0 Å². The molecule has 4 nitrogen and oxygen atoms in total. The molecule has 20 heavy (non-hydrogen) atoms. The second-order valence-corrected chi connectivity index (χ2v) is 6.91. The standard InChI is InChI=1S/C14H25ClN4S/c1-5-19-12(14(15)10(2)17-19)8-11(16-3)13-9-20-7-6-18(13)4/h11,13,16H,5-9H2,1-4H3. The van der Waals surface area contributed by atoms with Gasteiger partial charge in [0.25, 0.3) is 0 Å². The smallest absolute Gasteiger partial charge is 0.0847 e. The molecule has 1 N–H and O–H groups in total. The van der Waals surface area contributed by atoms with Gasteiger partial charge in [0, 0.05) is 43.1 Å². The zero-order valence-electron chi connectivity index (χ0n) is 12.8. The summed E-state index contributed by atoms with van der Waals surface area (Å²) in [7, 11) is 4.27. The molecular formula is C14H25ClN4S. The molecular weight excluding hydrogens is 292 g/mol. The molecule has 1 aliphatic rings. The van der Waals surface area contributed by atoms with Gasteiger partial charge >= 0.3 is 0 Å². The first-order valence-electron chi connectivity index (χ1n) is 7.25. The number of rotatable bonds is 5. The predicted molar refractivity (Wildman–Crippen MR) is 87.9 cm³/mol. The lowest BCUT2D eigenvalue weighted by Gasteiger charge is -2.37. The fourth-order valence-electron chi connectivity index (χ4n) is 2.83. The van der Waals surface area contributed by atoms with E-state index in [4.69, 9.17) is 11.6 Å². The first kappa shape index (κ1) is 16.1. The van der Waals surface area contributed by atoms with Crippen LogP contribution in [0.3, 0.4) is 0 Å². The Balaban J connectivity index is 2.17. The maximum absolute atomic E-state index is 6.44. The van der Waals surface area contributed by atoms with Crippen molar-refractivity contribution < 1.29 is 0 Å². The number of likely N-dealkylation sites (N-methyl/N-ethyl adjacent to an activating group) is 2. The highest BCUT2D eigenvalue weighted by Gasteiger charge is 2.29. The van der Waals surface area contributed by atoms with Crippen molar-refractivity contribution in [2.24, 2.45) is 0 Å². The van der Waals surface area contributed by atoms with Gasteiger partial charge in [-0.3, -0.25) is 4.68 Å². The van der Waals surface area contributed by atoms with E-state index in [9.17, 15) is 0 Å². The molecule has 2 heterocycles. The Morgan fingerprint density at radius 3 is 2.90 bits per heavy atom. The first-order chi connectivity index (χ1) is 9.58. The molecule has 2 atom stereocenters. The van der Waals surface area contributed by atoms with Crippen LogP contribution >= 0.6 is 23.4 Å². The molecule has 0 amide bonds. The summed E-state index contributed by atoms with van der Waals surface area (Å²) >= 11 is 8.48. The summed E-state index contributed by atoms with van der Waals surface area (Å²) < 4.78 is 2.04. The Hall–Kier alpha value is -0.230. The van der Waals surface area contributed by atoms with Crippen molar-refractivity contribution >= 4 is 23.4 Å². The molecule has 2 rings (SSSR count). The van der Waals surface area contributed by atoms with Crippen molar-refractivity contribution in [2.75, 3.05) is 32.1 Å². The normalized spacial score (nSPS) is 22.1. The number of aromatic nitrogens is 2. The molecule has 1 saturated heterocycles. The number of halogens is 1. The molecule has 0 aromatic carbocycles. The van der Waals surface area contributed by atoms with Crippen LogP contribution in [0.15, 0.2) is 0 Å². The van der Waals surface area contributed by atoms with E-state index >= 15 is 0 Å². The summed E-state index contributed by atoms with van der Waals surface area (Å²) in [5.41, 5.74) is 2.10. The molecule has 114 valence electrons. The Kier molecular flexibility index (Phi) is 5.78. The molecule has 2 unspecified atom stereocenters. The summed E-state index contributed by atoms with van der Waals surface area (Å²) in [5.74, 6) is 2.41. The van der Waals surface area contributed by atoms with Crippen LogP contribution in [-0.2, 0) is 13.0 Å². The molecule has 6 heteroatoms. The third-order valence-corrected chi connectivity index (χ3v) is 5.68. The summed E-state index contributed by atoms with van der Waals surface area (Å²) in [5, 5.41) is 8.83. The summed E-state index contributed by atoms with van der Waals surface area (Å²) in [6, 6.07) is 0.960. The highest BCUT2D eigenvalue weighted by atomic mass is 35.5. The zero-order chi connectivity index (χ0) is 14.7. The highest BCUT2D eigenvalue weighted by Crippen LogP contribution is 2.25. The lowest BCUT2D eigenvalue weighted by molar-refractivity contribution is 0.217. The molecule has 0 spiro atoms. The first-order valence-corrected chi connectivity index (χ1v) is 8.78. The molecule has 0 aliphatic carbocycles. The van der Waals surface area contributed by atoms with Gasteiger partial charge in [-0.2, -0.15) is 16.9 Å². The topological polar surface area (TPSA) is 33.1 Å². The minimum absolute atomic E-state index is 0.409. The molecule has 1 aromatic rings. The second kappa shape index (κ2) is 7.16. The quantitative estimate of drug-likeness (QED) is 0.901. The van der Waals surface area contributed by atoms with Gasteiger partial charge in [-0.1, -0.05) is 11.6 Å². The van der Waals surface area contributed by atoms with E-state index in [-0.39, 0.29) is 0 Å². The van der Waals surface area contributed by atoms with E-state index in [0.717, 1.165) is 35.9 Å². The maximum Gasteiger partial charge on any atom is 0.0847 e. The van der Waals surface area contributed by atoms with Gasteiger partial charge in [-0.05, 0) is 27.9 Å². The molecule has 0 bridgehead atoms. The van der Waals surface area contributed by atoms with Crippen molar-refractivity contribution in [2.45, 2.75) is 38.9 Å². The van der Waals surface area contributed by atoms with E-state index in [0.29, 0.717) is 12.1 Å². The number of nitrogens with zero attached hydrogens (tertiary/aromatic N) is 3. The zero-order valence-corrected chi connectivity index (χ0v) is 14.4. The number of aryl methyl sites for hydroxylation is 2. The number of hydrogen-bond acceptors (Lipinski definition) is 4. The van der Waals surface area contributed by atoms with Crippen molar-refractivity contribution in [3.63, 3.8) is 0 Å².